The fraction of sp³-hybridized carbons (Fsp3) is 0.136. The molecular weight excluding hydrogens is 429 g/mol. The minimum atomic E-state index is -4.48. The van der Waals surface area contributed by atoms with Gasteiger partial charge in [-0.05, 0) is 47.9 Å². The van der Waals surface area contributed by atoms with Crippen LogP contribution in [-0.2, 0) is 12.6 Å². The standard InChI is InChI=1S/C22H15F3N2O5/c23-22(24,25)15-6-10-17(11-7-15)32-19-3-1-2-14-12-18(26(20(14)19)21(28)29)13-4-8-16(9-5-13)27(30)31/h1-11,18H,12H2,(H,28,29). The number of non-ortho nitro benzene ring substituents is 1. The van der Waals surface area contributed by atoms with Crippen molar-refractivity contribution in [1.29, 1.82) is 0 Å². The number of ether oxygens (including phenoxy) is 1. The largest absolute Gasteiger partial charge is 0.465 e. The van der Waals surface area contributed by atoms with Gasteiger partial charge in [0.2, 0.25) is 0 Å². The summed E-state index contributed by atoms with van der Waals surface area (Å²) in [6, 6.07) is 14.0. The highest BCUT2D eigenvalue weighted by atomic mass is 19.4. The molecule has 0 aliphatic carbocycles. The summed E-state index contributed by atoms with van der Waals surface area (Å²) in [5.74, 6) is 0.296. The van der Waals surface area contributed by atoms with Crippen LogP contribution in [0.15, 0.2) is 66.7 Å². The summed E-state index contributed by atoms with van der Waals surface area (Å²) in [4.78, 5) is 23.6. The van der Waals surface area contributed by atoms with E-state index in [2.05, 4.69) is 0 Å². The number of para-hydroxylation sites is 1. The Balaban J connectivity index is 1.67. The number of hydrogen-bond acceptors (Lipinski definition) is 4. The van der Waals surface area contributed by atoms with Crippen molar-refractivity contribution in [2.45, 2.75) is 18.6 Å². The second kappa shape index (κ2) is 7.88. The number of fused-ring (bicyclic) bond motifs is 1. The maximum absolute atomic E-state index is 12.8. The van der Waals surface area contributed by atoms with E-state index in [9.17, 15) is 33.2 Å². The van der Waals surface area contributed by atoms with Crippen LogP contribution in [0.1, 0.15) is 22.7 Å². The molecule has 0 saturated heterocycles. The monoisotopic (exact) mass is 444 g/mol. The number of carbonyl (C=O) groups is 1. The molecule has 10 heteroatoms. The molecular formula is C22H15F3N2O5. The van der Waals surface area contributed by atoms with Crippen LogP contribution < -0.4 is 9.64 Å². The van der Waals surface area contributed by atoms with E-state index in [1.165, 1.54) is 30.3 Å². The number of nitrogens with zero attached hydrogens (tertiary/aromatic N) is 2. The van der Waals surface area contributed by atoms with E-state index in [-0.39, 0.29) is 22.9 Å². The van der Waals surface area contributed by atoms with Gasteiger partial charge in [0.15, 0.2) is 5.75 Å². The molecule has 3 aromatic rings. The molecule has 1 aliphatic rings. The maximum Gasteiger partial charge on any atom is 0.416 e. The maximum atomic E-state index is 12.8. The number of halogens is 3. The first kappa shape index (κ1) is 21.2. The number of anilines is 1. The van der Waals surface area contributed by atoms with Gasteiger partial charge in [-0.15, -0.1) is 0 Å². The number of hydrogen-bond donors (Lipinski definition) is 1. The second-order valence-electron chi connectivity index (χ2n) is 7.11. The van der Waals surface area contributed by atoms with Gasteiger partial charge in [0.25, 0.3) is 5.69 Å². The molecule has 1 heterocycles. The first-order valence-electron chi connectivity index (χ1n) is 9.38. The van der Waals surface area contributed by atoms with Gasteiger partial charge in [-0.1, -0.05) is 24.3 Å². The van der Waals surface area contributed by atoms with Crippen molar-refractivity contribution in [3.63, 3.8) is 0 Å². The molecule has 3 aromatic carbocycles. The number of amides is 1. The average molecular weight is 444 g/mol. The molecule has 0 aromatic heterocycles. The van der Waals surface area contributed by atoms with Crippen molar-refractivity contribution < 1.29 is 32.7 Å². The van der Waals surface area contributed by atoms with Crippen molar-refractivity contribution in [2.75, 3.05) is 4.90 Å². The summed E-state index contributed by atoms with van der Waals surface area (Å²) in [5.41, 5.74) is 0.573. The Bertz CT molecular complexity index is 1180. The summed E-state index contributed by atoms with van der Waals surface area (Å²) in [6.45, 7) is 0. The zero-order valence-corrected chi connectivity index (χ0v) is 16.2. The molecule has 0 bridgehead atoms. The van der Waals surface area contributed by atoms with Crippen molar-refractivity contribution >= 4 is 17.5 Å². The first-order valence-corrected chi connectivity index (χ1v) is 9.38. The third-order valence-electron chi connectivity index (χ3n) is 5.15. The van der Waals surface area contributed by atoms with E-state index in [1.807, 2.05) is 0 Å². The van der Waals surface area contributed by atoms with Crippen LogP contribution in [0.5, 0.6) is 11.5 Å². The molecule has 0 saturated carbocycles. The lowest BCUT2D eigenvalue weighted by molar-refractivity contribution is -0.384. The summed E-state index contributed by atoms with van der Waals surface area (Å²) in [6.07, 6.45) is -5.43. The Hall–Kier alpha value is -4.08. The van der Waals surface area contributed by atoms with Gasteiger partial charge in [-0.2, -0.15) is 13.2 Å². The van der Waals surface area contributed by atoms with Crippen LogP contribution in [0.4, 0.5) is 29.3 Å². The SMILES string of the molecule is O=C(O)N1c2c(cccc2Oc2ccc(C(F)(F)F)cc2)CC1c1ccc([N+](=O)[O-])cc1. The molecule has 7 nitrogen and oxygen atoms in total. The number of alkyl halides is 3. The second-order valence-corrected chi connectivity index (χ2v) is 7.11. The highest BCUT2D eigenvalue weighted by Crippen LogP contribution is 2.47. The normalized spacial score (nSPS) is 15.3. The van der Waals surface area contributed by atoms with Crippen molar-refractivity contribution in [1.82, 2.24) is 0 Å². The van der Waals surface area contributed by atoms with E-state index in [0.717, 1.165) is 29.2 Å². The zero-order valence-electron chi connectivity index (χ0n) is 16.2. The predicted molar refractivity (Wildman–Crippen MR) is 108 cm³/mol. The first-order chi connectivity index (χ1) is 15.1. The summed E-state index contributed by atoms with van der Waals surface area (Å²) in [5, 5.41) is 20.8. The van der Waals surface area contributed by atoms with Crippen molar-refractivity contribution in [2.24, 2.45) is 0 Å². The molecule has 0 fully saturated rings. The minimum absolute atomic E-state index is 0.113. The van der Waals surface area contributed by atoms with Crippen LogP contribution in [0.3, 0.4) is 0 Å². The van der Waals surface area contributed by atoms with Crippen LogP contribution >= 0.6 is 0 Å². The van der Waals surface area contributed by atoms with E-state index in [0.29, 0.717) is 17.5 Å². The summed E-state index contributed by atoms with van der Waals surface area (Å²) in [7, 11) is 0. The quantitative estimate of drug-likeness (QED) is 0.383. The number of nitro groups is 1. The highest BCUT2D eigenvalue weighted by Gasteiger charge is 2.37. The van der Waals surface area contributed by atoms with E-state index >= 15 is 0 Å². The third kappa shape index (κ3) is 3.94. The predicted octanol–water partition coefficient (Wildman–Crippen LogP) is 6.19. The zero-order chi connectivity index (χ0) is 23.0. The molecule has 0 spiro atoms. The van der Waals surface area contributed by atoms with Crippen LogP contribution in [0.2, 0.25) is 0 Å². The van der Waals surface area contributed by atoms with Gasteiger partial charge in [0, 0.05) is 12.1 Å². The Morgan fingerprint density at radius 2 is 1.72 bits per heavy atom. The molecule has 164 valence electrons. The van der Waals surface area contributed by atoms with Gasteiger partial charge in [-0.25, -0.2) is 4.79 Å². The van der Waals surface area contributed by atoms with E-state index < -0.39 is 28.8 Å². The molecule has 0 radical (unpaired) electrons. The Labute approximate surface area is 179 Å². The van der Waals surface area contributed by atoms with Crippen molar-refractivity contribution in [3.8, 4) is 11.5 Å². The van der Waals surface area contributed by atoms with Crippen LogP contribution in [0, 0.1) is 10.1 Å². The fourth-order valence-electron chi connectivity index (χ4n) is 3.70. The van der Waals surface area contributed by atoms with Gasteiger partial charge in [-0.3, -0.25) is 15.0 Å². The minimum Gasteiger partial charge on any atom is -0.465 e. The number of carboxylic acid groups (broad SMARTS) is 1. The van der Waals surface area contributed by atoms with Gasteiger partial charge in [0.05, 0.1) is 22.2 Å². The Morgan fingerprint density at radius 1 is 1.06 bits per heavy atom. The number of nitro benzene ring substituents is 1. The summed E-state index contributed by atoms with van der Waals surface area (Å²) >= 11 is 0. The highest BCUT2D eigenvalue weighted by molar-refractivity contribution is 5.92. The van der Waals surface area contributed by atoms with Crippen LogP contribution in [-0.4, -0.2) is 16.1 Å². The van der Waals surface area contributed by atoms with Crippen LogP contribution in [0.25, 0.3) is 0 Å². The third-order valence-corrected chi connectivity index (χ3v) is 5.15. The molecule has 1 atom stereocenters. The molecule has 4 rings (SSSR count). The lowest BCUT2D eigenvalue weighted by Crippen LogP contribution is -2.30. The van der Waals surface area contributed by atoms with Gasteiger partial charge < -0.3 is 9.84 Å². The number of benzene rings is 3. The lowest BCUT2D eigenvalue weighted by Gasteiger charge is -2.24. The van der Waals surface area contributed by atoms with E-state index in [4.69, 9.17) is 4.74 Å². The van der Waals surface area contributed by atoms with Gasteiger partial charge >= 0.3 is 12.3 Å². The molecule has 1 unspecified atom stereocenters. The average Bonchev–Trinajstić information content (AvgIpc) is 3.14. The smallest absolute Gasteiger partial charge is 0.416 e. The molecule has 1 N–H and O–H groups in total. The molecule has 1 aliphatic heterocycles. The van der Waals surface area contributed by atoms with E-state index in [1.54, 1.807) is 12.1 Å². The Kier molecular flexibility index (Phi) is 5.21. The topological polar surface area (TPSA) is 92.9 Å². The Morgan fingerprint density at radius 3 is 2.28 bits per heavy atom. The van der Waals surface area contributed by atoms with Crippen molar-refractivity contribution in [3.05, 3.63) is 93.5 Å². The van der Waals surface area contributed by atoms with Gasteiger partial charge in [0.1, 0.15) is 5.75 Å². The molecule has 1 amide bonds. The molecule has 32 heavy (non-hydrogen) atoms. The summed E-state index contributed by atoms with van der Waals surface area (Å²) < 4.78 is 44.1. The fourth-order valence-corrected chi connectivity index (χ4v) is 3.70. The number of rotatable bonds is 4. The lowest BCUT2D eigenvalue weighted by atomic mass is 10.0.